The number of aromatic nitrogens is 3. The third-order valence-electron chi connectivity index (χ3n) is 3.03. The van der Waals surface area contributed by atoms with E-state index in [-0.39, 0.29) is 0 Å². The first-order valence-corrected chi connectivity index (χ1v) is 6.87. The normalized spacial score (nSPS) is 11.1. The van der Waals surface area contributed by atoms with Gasteiger partial charge in [-0.05, 0) is 54.1 Å². The van der Waals surface area contributed by atoms with Gasteiger partial charge in [0.25, 0.3) is 0 Å². The van der Waals surface area contributed by atoms with Crippen LogP contribution in [0.4, 0.5) is 0 Å². The zero-order valence-electron chi connectivity index (χ0n) is 10.6. The molecule has 0 spiro atoms. The van der Waals surface area contributed by atoms with Gasteiger partial charge < -0.3 is 5.73 Å². The summed E-state index contributed by atoms with van der Waals surface area (Å²) < 4.78 is 1.98. The number of hydrogen-bond acceptors (Lipinski definition) is 4. The van der Waals surface area contributed by atoms with Gasteiger partial charge in [-0.1, -0.05) is 12.1 Å². The monoisotopic (exact) mass is 270 g/mol. The minimum Gasteiger partial charge on any atom is -0.326 e. The van der Waals surface area contributed by atoms with Gasteiger partial charge in [-0.15, -0.1) is 10.2 Å². The molecule has 0 saturated heterocycles. The molecule has 3 aromatic rings. The maximum atomic E-state index is 5.68. The molecule has 3 rings (SSSR count). The third-order valence-corrected chi connectivity index (χ3v) is 3.98. The quantitative estimate of drug-likeness (QED) is 0.795. The summed E-state index contributed by atoms with van der Waals surface area (Å²) in [5.74, 6) is 0. The summed E-state index contributed by atoms with van der Waals surface area (Å²) in [4.78, 5) is 1.15. The smallest absolute Gasteiger partial charge is 0.200 e. The number of nitrogens with two attached hydrogens (primary N) is 1. The van der Waals surface area contributed by atoms with Crippen molar-refractivity contribution < 1.29 is 0 Å². The van der Waals surface area contributed by atoms with E-state index < -0.39 is 0 Å². The van der Waals surface area contributed by atoms with Gasteiger partial charge in [0, 0.05) is 17.6 Å². The Balaban J connectivity index is 1.95. The second kappa shape index (κ2) is 5.03. The zero-order chi connectivity index (χ0) is 13.2. The Hall–Kier alpha value is -1.85. The van der Waals surface area contributed by atoms with Crippen LogP contribution >= 0.6 is 11.8 Å². The highest BCUT2D eigenvalue weighted by atomic mass is 32.2. The van der Waals surface area contributed by atoms with Gasteiger partial charge >= 0.3 is 0 Å². The molecule has 0 aliphatic heterocycles. The maximum Gasteiger partial charge on any atom is 0.200 e. The van der Waals surface area contributed by atoms with E-state index >= 15 is 0 Å². The molecule has 2 aromatic heterocycles. The van der Waals surface area contributed by atoms with Crippen molar-refractivity contribution in [3.63, 3.8) is 0 Å². The number of rotatable bonds is 3. The molecule has 2 heterocycles. The summed E-state index contributed by atoms with van der Waals surface area (Å²) in [5, 5.41) is 9.23. The molecule has 2 N–H and O–H groups in total. The van der Waals surface area contributed by atoms with Crippen LogP contribution < -0.4 is 5.73 Å². The number of fused-ring (bicyclic) bond motifs is 1. The Morgan fingerprint density at radius 3 is 2.89 bits per heavy atom. The van der Waals surface area contributed by atoms with Crippen LogP contribution in [0.3, 0.4) is 0 Å². The highest BCUT2D eigenvalue weighted by molar-refractivity contribution is 7.99. The van der Waals surface area contributed by atoms with Crippen LogP contribution in [0.2, 0.25) is 0 Å². The average molecular weight is 270 g/mol. The largest absolute Gasteiger partial charge is 0.326 e. The fraction of sp³-hybridized carbons (Fsp3) is 0.143. The lowest BCUT2D eigenvalue weighted by molar-refractivity contribution is 0.921. The summed E-state index contributed by atoms with van der Waals surface area (Å²) >= 11 is 1.61. The van der Waals surface area contributed by atoms with Gasteiger partial charge in [-0.2, -0.15) is 0 Å². The molecule has 0 unspecified atom stereocenters. The van der Waals surface area contributed by atoms with Gasteiger partial charge in [-0.3, -0.25) is 4.40 Å². The van der Waals surface area contributed by atoms with Crippen molar-refractivity contribution >= 4 is 17.4 Å². The fourth-order valence-corrected chi connectivity index (χ4v) is 2.87. The summed E-state index contributed by atoms with van der Waals surface area (Å²) in [6.45, 7) is 2.65. The molecular formula is C14H14N4S. The van der Waals surface area contributed by atoms with Crippen molar-refractivity contribution in [1.29, 1.82) is 0 Å². The van der Waals surface area contributed by atoms with Crippen LogP contribution in [0, 0.1) is 6.92 Å². The fourth-order valence-electron chi connectivity index (χ4n) is 1.96. The molecule has 19 heavy (non-hydrogen) atoms. The molecule has 0 atom stereocenters. The van der Waals surface area contributed by atoms with Crippen LogP contribution in [0.25, 0.3) is 5.65 Å². The first kappa shape index (κ1) is 12.2. The van der Waals surface area contributed by atoms with E-state index in [2.05, 4.69) is 35.3 Å². The van der Waals surface area contributed by atoms with Crippen LogP contribution in [-0.4, -0.2) is 14.6 Å². The second-order valence-electron chi connectivity index (χ2n) is 4.31. The molecule has 0 amide bonds. The topological polar surface area (TPSA) is 56.2 Å². The van der Waals surface area contributed by atoms with Gasteiger partial charge in [0.05, 0.1) is 0 Å². The van der Waals surface area contributed by atoms with Gasteiger partial charge in [0.2, 0.25) is 0 Å². The number of pyridine rings is 1. The zero-order valence-corrected chi connectivity index (χ0v) is 11.4. The van der Waals surface area contributed by atoms with Crippen molar-refractivity contribution in [2.75, 3.05) is 0 Å². The average Bonchev–Trinajstić information content (AvgIpc) is 2.83. The van der Waals surface area contributed by atoms with Crippen molar-refractivity contribution in [3.8, 4) is 0 Å². The third kappa shape index (κ3) is 2.34. The van der Waals surface area contributed by atoms with Crippen molar-refractivity contribution in [3.05, 3.63) is 53.7 Å². The van der Waals surface area contributed by atoms with Gasteiger partial charge in [0.1, 0.15) is 0 Å². The Labute approximate surface area is 115 Å². The molecule has 0 saturated carbocycles. The lowest BCUT2D eigenvalue weighted by Gasteiger charge is -2.05. The SMILES string of the molecule is Cc1cc(Sc2nnc3ccccn23)ccc1CN. The molecule has 0 aliphatic carbocycles. The molecular weight excluding hydrogens is 256 g/mol. The maximum absolute atomic E-state index is 5.68. The molecule has 0 radical (unpaired) electrons. The molecule has 0 fully saturated rings. The van der Waals surface area contributed by atoms with E-state index in [1.807, 2.05) is 28.8 Å². The Bertz CT molecular complexity index is 720. The number of aryl methyl sites for hydroxylation is 1. The molecule has 1 aromatic carbocycles. The lowest BCUT2D eigenvalue weighted by Crippen LogP contribution is -1.98. The minimum absolute atomic E-state index is 0.574. The Kier molecular flexibility index (Phi) is 3.23. The molecule has 5 heteroatoms. The first-order valence-electron chi connectivity index (χ1n) is 6.05. The summed E-state index contributed by atoms with van der Waals surface area (Å²) in [5.41, 5.74) is 8.93. The Morgan fingerprint density at radius 2 is 2.11 bits per heavy atom. The van der Waals surface area contributed by atoms with E-state index in [4.69, 9.17) is 5.73 Å². The molecule has 4 nitrogen and oxygen atoms in total. The van der Waals surface area contributed by atoms with Crippen molar-refractivity contribution in [2.24, 2.45) is 5.73 Å². The highest BCUT2D eigenvalue weighted by Crippen LogP contribution is 2.27. The second-order valence-corrected chi connectivity index (χ2v) is 5.35. The van der Waals surface area contributed by atoms with E-state index in [1.165, 1.54) is 11.1 Å². The van der Waals surface area contributed by atoms with E-state index in [0.717, 1.165) is 15.7 Å². The van der Waals surface area contributed by atoms with E-state index in [9.17, 15) is 0 Å². The standard InChI is InChI=1S/C14H14N4S/c1-10-8-12(6-5-11(10)9-15)19-14-17-16-13-4-2-3-7-18(13)14/h2-8H,9,15H2,1H3. The number of benzene rings is 1. The van der Waals surface area contributed by atoms with Crippen molar-refractivity contribution in [1.82, 2.24) is 14.6 Å². The number of hydrogen-bond donors (Lipinski definition) is 1. The number of nitrogens with zero attached hydrogens (tertiary/aromatic N) is 3. The molecule has 96 valence electrons. The molecule has 0 aliphatic rings. The van der Waals surface area contributed by atoms with Crippen LogP contribution in [0.15, 0.2) is 52.6 Å². The van der Waals surface area contributed by atoms with E-state index in [1.54, 1.807) is 11.8 Å². The minimum atomic E-state index is 0.574. The van der Waals surface area contributed by atoms with E-state index in [0.29, 0.717) is 6.54 Å². The summed E-state index contributed by atoms with van der Waals surface area (Å²) in [6, 6.07) is 12.2. The van der Waals surface area contributed by atoms with Crippen molar-refractivity contribution in [2.45, 2.75) is 23.5 Å². The van der Waals surface area contributed by atoms with Gasteiger partial charge in [-0.25, -0.2) is 0 Å². The summed E-state index contributed by atoms with van der Waals surface area (Å²) in [6.07, 6.45) is 1.97. The Morgan fingerprint density at radius 1 is 1.21 bits per heavy atom. The highest BCUT2D eigenvalue weighted by Gasteiger charge is 2.07. The molecule has 0 bridgehead atoms. The lowest BCUT2D eigenvalue weighted by atomic mass is 10.1. The van der Waals surface area contributed by atoms with Gasteiger partial charge in [0.15, 0.2) is 10.8 Å². The van der Waals surface area contributed by atoms with Crippen LogP contribution in [-0.2, 0) is 6.54 Å². The van der Waals surface area contributed by atoms with Crippen LogP contribution in [0.5, 0.6) is 0 Å². The predicted octanol–water partition coefficient (Wildman–Crippen LogP) is 2.65. The predicted molar refractivity (Wildman–Crippen MR) is 76.2 cm³/mol. The van der Waals surface area contributed by atoms with Crippen LogP contribution in [0.1, 0.15) is 11.1 Å². The summed E-state index contributed by atoms with van der Waals surface area (Å²) in [7, 11) is 0. The first-order chi connectivity index (χ1) is 9.28.